The third-order valence-electron chi connectivity index (χ3n) is 1.60. The van der Waals surface area contributed by atoms with Crippen molar-refractivity contribution in [3.63, 3.8) is 0 Å². The first-order valence-electron chi connectivity index (χ1n) is 4.57. The van der Waals surface area contributed by atoms with Gasteiger partial charge in [0, 0.05) is 0 Å². The Hall–Kier alpha value is 0.726. The summed E-state index contributed by atoms with van der Waals surface area (Å²) in [7, 11) is 0. The molecule has 0 amide bonds. The fourth-order valence-electron chi connectivity index (χ4n) is 1.09. The fraction of sp³-hybridized carbons (Fsp3) is 0.545. The van der Waals surface area contributed by atoms with Gasteiger partial charge in [-0.25, -0.2) is 0 Å². The molecule has 0 aliphatic heterocycles. The van der Waals surface area contributed by atoms with Crippen LogP contribution in [0.2, 0.25) is 0 Å². The van der Waals surface area contributed by atoms with Crippen molar-refractivity contribution in [2.45, 2.75) is 39.5 Å². The maximum absolute atomic E-state index is 3.81. The molecule has 1 aliphatic carbocycles. The van der Waals surface area contributed by atoms with Crippen LogP contribution in [-0.2, 0) is 0 Å². The maximum Gasteiger partial charge on any atom is 2.00 e. The molecule has 2 heteroatoms. The second-order valence-corrected chi connectivity index (χ2v) is 2.40. The Morgan fingerprint density at radius 3 is 2.38 bits per heavy atom. The van der Waals surface area contributed by atoms with Crippen LogP contribution in [0.15, 0.2) is 23.8 Å². The van der Waals surface area contributed by atoms with Crippen LogP contribution >= 0.6 is 0 Å². The van der Waals surface area contributed by atoms with E-state index in [1.54, 1.807) is 5.57 Å². The number of hydrogen-bond donors (Lipinski definition) is 0. The summed E-state index contributed by atoms with van der Waals surface area (Å²) in [5, 5.41) is 0. The molecule has 0 fully saturated rings. The van der Waals surface area contributed by atoms with Gasteiger partial charge in [0.05, 0.1) is 0 Å². The molecule has 0 heterocycles. The van der Waals surface area contributed by atoms with Crippen LogP contribution in [0.5, 0.6) is 0 Å². The van der Waals surface area contributed by atoms with Crippen molar-refractivity contribution in [1.29, 1.82) is 0 Å². The van der Waals surface area contributed by atoms with E-state index in [-0.39, 0.29) is 40.0 Å². The van der Waals surface area contributed by atoms with Gasteiger partial charge in [-0.2, -0.15) is 6.42 Å². The van der Waals surface area contributed by atoms with Gasteiger partial charge in [-0.15, -0.1) is 0 Å². The van der Waals surface area contributed by atoms with Gasteiger partial charge in [-0.3, -0.25) is 0 Å². The predicted octanol–water partition coefficient (Wildman–Crippen LogP) is 0.526. The first-order valence-corrected chi connectivity index (χ1v) is 4.57. The van der Waals surface area contributed by atoms with E-state index < -0.39 is 0 Å². The third kappa shape index (κ3) is 10.6. The number of hydrogen-bond acceptors (Lipinski definition) is 0. The second kappa shape index (κ2) is 15.2. The molecular weight excluding hydrogens is 236 g/mol. The van der Waals surface area contributed by atoms with Crippen LogP contribution in [0.3, 0.4) is 0 Å². The Bertz CT molecular complexity index is 139. The molecule has 1 rings (SSSR count). The molecule has 0 atom stereocenters. The van der Waals surface area contributed by atoms with E-state index >= 15 is 0 Å². The minimum Gasteiger partial charge on any atom is -1.00 e. The Labute approximate surface area is 110 Å². The van der Waals surface area contributed by atoms with E-state index in [4.69, 9.17) is 0 Å². The summed E-state index contributed by atoms with van der Waals surface area (Å²) >= 11 is 0. The van der Waals surface area contributed by atoms with Crippen molar-refractivity contribution >= 4 is 23.1 Å². The molecule has 0 nitrogen and oxygen atoms in total. The summed E-state index contributed by atoms with van der Waals surface area (Å²) in [6.45, 7) is 7.81. The van der Waals surface area contributed by atoms with Crippen LogP contribution in [-0.4, -0.2) is 23.1 Å². The van der Waals surface area contributed by atoms with Gasteiger partial charge in [-0.05, 0) is 12.8 Å². The van der Waals surface area contributed by atoms with Crippen molar-refractivity contribution in [2.24, 2.45) is 0 Å². The van der Waals surface area contributed by atoms with Crippen molar-refractivity contribution in [3.8, 4) is 0 Å². The van der Waals surface area contributed by atoms with E-state index in [1.165, 1.54) is 19.3 Å². The standard InChI is InChI=1S/C9H13.C2H6.BrH.Mg/c1-2-6-9-7-4-3-5-8-9;1-2;;/h3-4,7H,1-2,5-6,8H2;1-2H3;1H;/q-1;;;+2/p-1. The molecule has 0 unspecified atom stereocenters. The average Bonchev–Trinajstić information content (AvgIpc) is 2.11. The molecule has 0 radical (unpaired) electrons. The molecule has 0 aromatic heterocycles. The zero-order chi connectivity index (χ0) is 8.53. The Morgan fingerprint density at radius 2 is 2.00 bits per heavy atom. The van der Waals surface area contributed by atoms with Crippen LogP contribution in [0.4, 0.5) is 0 Å². The molecule has 0 spiro atoms. The normalized spacial score (nSPS) is 12.7. The molecule has 0 N–H and O–H groups in total. The zero-order valence-electron chi connectivity index (χ0n) is 8.85. The van der Waals surface area contributed by atoms with Gasteiger partial charge in [0.2, 0.25) is 0 Å². The molecule has 0 aromatic carbocycles. The van der Waals surface area contributed by atoms with E-state index in [1.807, 2.05) is 13.8 Å². The van der Waals surface area contributed by atoms with Crippen LogP contribution < -0.4 is 17.0 Å². The minimum absolute atomic E-state index is 0. The molecule has 13 heavy (non-hydrogen) atoms. The average molecular weight is 255 g/mol. The van der Waals surface area contributed by atoms with Gasteiger partial charge in [0.25, 0.3) is 0 Å². The largest absolute Gasteiger partial charge is 2.00 e. The van der Waals surface area contributed by atoms with Gasteiger partial charge in [-0.1, -0.05) is 44.1 Å². The topological polar surface area (TPSA) is 0 Å². The van der Waals surface area contributed by atoms with Crippen LogP contribution in [0.25, 0.3) is 0 Å². The molecule has 0 aromatic rings. The Kier molecular flexibility index (Phi) is 22.6. The number of rotatable bonds is 2. The summed E-state index contributed by atoms with van der Waals surface area (Å²) in [5.41, 5.74) is 1.56. The quantitative estimate of drug-likeness (QED) is 0.499. The number of halogens is 1. The summed E-state index contributed by atoms with van der Waals surface area (Å²) in [6.07, 6.45) is 11.3. The Balaban J connectivity index is -0.000000234. The smallest absolute Gasteiger partial charge is 1.00 e. The molecule has 0 bridgehead atoms. The predicted molar refractivity (Wildman–Crippen MR) is 58.2 cm³/mol. The van der Waals surface area contributed by atoms with Crippen molar-refractivity contribution < 1.29 is 17.0 Å². The molecular formula is C11H19BrMg. The van der Waals surface area contributed by atoms with Gasteiger partial charge in [0.1, 0.15) is 0 Å². The first-order chi connectivity index (χ1) is 5.43. The third-order valence-corrected chi connectivity index (χ3v) is 1.60. The van der Waals surface area contributed by atoms with Gasteiger partial charge in [0.15, 0.2) is 0 Å². The van der Waals surface area contributed by atoms with E-state index in [9.17, 15) is 0 Å². The van der Waals surface area contributed by atoms with E-state index in [0.717, 1.165) is 6.42 Å². The maximum atomic E-state index is 3.81. The fourth-order valence-corrected chi connectivity index (χ4v) is 1.09. The SMILES string of the molecule is CC.[Br-].[CH2-]CCC1=CC=CCC1.[Mg+2]. The second-order valence-electron chi connectivity index (χ2n) is 2.40. The number of allylic oxidation sites excluding steroid dienone is 4. The van der Waals surface area contributed by atoms with E-state index in [2.05, 4.69) is 25.2 Å². The van der Waals surface area contributed by atoms with Gasteiger partial charge >= 0.3 is 23.1 Å². The van der Waals surface area contributed by atoms with Crippen molar-refractivity contribution in [2.75, 3.05) is 0 Å². The van der Waals surface area contributed by atoms with E-state index in [0.29, 0.717) is 0 Å². The first kappa shape index (κ1) is 19.3. The molecule has 72 valence electrons. The summed E-state index contributed by atoms with van der Waals surface area (Å²) < 4.78 is 0. The zero-order valence-corrected chi connectivity index (χ0v) is 11.9. The van der Waals surface area contributed by atoms with Gasteiger partial charge < -0.3 is 23.9 Å². The summed E-state index contributed by atoms with van der Waals surface area (Å²) in [5.74, 6) is 0. The van der Waals surface area contributed by atoms with Crippen LogP contribution in [0.1, 0.15) is 39.5 Å². The van der Waals surface area contributed by atoms with Crippen molar-refractivity contribution in [3.05, 3.63) is 30.7 Å². The van der Waals surface area contributed by atoms with Crippen LogP contribution in [0, 0.1) is 6.92 Å². The molecule has 1 aliphatic rings. The molecule has 0 saturated carbocycles. The van der Waals surface area contributed by atoms with Crippen molar-refractivity contribution in [1.82, 2.24) is 0 Å². The Morgan fingerprint density at radius 1 is 1.38 bits per heavy atom. The summed E-state index contributed by atoms with van der Waals surface area (Å²) in [4.78, 5) is 0. The molecule has 0 saturated heterocycles. The summed E-state index contributed by atoms with van der Waals surface area (Å²) in [6, 6.07) is 0. The monoisotopic (exact) mass is 254 g/mol. The minimum atomic E-state index is 0.